The van der Waals surface area contributed by atoms with Crippen LogP contribution in [0.3, 0.4) is 0 Å². The minimum atomic E-state index is 0. The molecule has 0 atom stereocenters. The first kappa shape index (κ1) is 9.69. The molecule has 0 saturated carbocycles. The summed E-state index contributed by atoms with van der Waals surface area (Å²) < 4.78 is 0. The maximum atomic E-state index is 11.4. The quantitative estimate of drug-likeness (QED) is 0.532. The summed E-state index contributed by atoms with van der Waals surface area (Å²) in [5, 5.41) is 12.3. The largest absolute Gasteiger partial charge is 2.00 e. The molecule has 0 aliphatic carbocycles. The number of hydrogen-bond acceptors (Lipinski definition) is 1. The van der Waals surface area contributed by atoms with Crippen molar-refractivity contribution < 1.29 is 10.1 Å². The van der Waals surface area contributed by atoms with E-state index in [9.17, 15) is 5.11 Å². The zero-order chi connectivity index (χ0) is 8.55. The molecule has 1 N–H and O–H groups in total. The summed E-state index contributed by atoms with van der Waals surface area (Å²) in [6.07, 6.45) is 1.76. The first-order valence-corrected chi connectivity index (χ1v) is 3.85. The summed E-state index contributed by atoms with van der Waals surface area (Å²) in [6.45, 7) is 1.92. The Morgan fingerprint density at radius 2 is 2.08 bits per heavy atom. The standard InChI is InChI=1S/C10H9NO.Be/c1-7-5-8-3-2-4-11-10(8)9(12)6-7;/h2-6,12H,1H3;/q;+2. The predicted molar refractivity (Wildman–Crippen MR) is 50.4 cm³/mol. The minimum Gasteiger partial charge on any atom is -0.868 e. The van der Waals surface area contributed by atoms with E-state index in [0.29, 0.717) is 5.52 Å². The van der Waals surface area contributed by atoms with E-state index in [1.165, 1.54) is 0 Å². The van der Waals surface area contributed by atoms with Crippen molar-refractivity contribution >= 4 is 21.0 Å². The van der Waals surface area contributed by atoms with Crippen molar-refractivity contribution in [3.8, 4) is 5.75 Å². The van der Waals surface area contributed by atoms with Gasteiger partial charge in [0.1, 0.15) is 0 Å². The van der Waals surface area contributed by atoms with Gasteiger partial charge >= 0.3 is 10.1 Å². The Balaban J connectivity index is 0.000000845. The molecule has 2 nitrogen and oxygen atoms in total. The molecule has 0 amide bonds. The number of nitrogens with one attached hydrogen (secondary N) is 1. The Kier molecular flexibility index (Phi) is 2.64. The van der Waals surface area contributed by atoms with Crippen molar-refractivity contribution in [3.63, 3.8) is 0 Å². The number of hydrogen-bond donors (Lipinski definition) is 0. The summed E-state index contributed by atoms with van der Waals surface area (Å²) in [7, 11) is 0. The molecule has 13 heavy (non-hydrogen) atoms. The Bertz CT molecular complexity index is 428. The van der Waals surface area contributed by atoms with Gasteiger partial charge in [0.15, 0.2) is 6.20 Å². The van der Waals surface area contributed by atoms with Gasteiger partial charge in [-0.25, -0.2) is 4.98 Å². The average molecular weight is 168 g/mol. The third-order valence-electron chi connectivity index (χ3n) is 1.88. The number of benzene rings is 1. The first-order chi connectivity index (χ1) is 5.77. The summed E-state index contributed by atoms with van der Waals surface area (Å²) in [4.78, 5) is 2.93. The van der Waals surface area contributed by atoms with Gasteiger partial charge in [-0.05, 0) is 24.8 Å². The van der Waals surface area contributed by atoms with Crippen LogP contribution in [0.4, 0.5) is 0 Å². The van der Waals surface area contributed by atoms with Crippen LogP contribution in [0.2, 0.25) is 0 Å². The molecular formula is C10H9BeNO+2. The number of H-pyrrole nitrogens is 1. The third-order valence-corrected chi connectivity index (χ3v) is 1.88. The van der Waals surface area contributed by atoms with Crippen LogP contribution in [-0.4, -0.2) is 10.1 Å². The zero-order valence-electron chi connectivity index (χ0n) is 7.50. The molecule has 1 heterocycles. The van der Waals surface area contributed by atoms with Crippen molar-refractivity contribution in [2.45, 2.75) is 6.92 Å². The van der Waals surface area contributed by atoms with Gasteiger partial charge in [0.05, 0.1) is 0 Å². The van der Waals surface area contributed by atoms with Crippen LogP contribution in [-0.2, 0) is 0 Å². The van der Waals surface area contributed by atoms with Crippen molar-refractivity contribution in [1.82, 2.24) is 0 Å². The van der Waals surface area contributed by atoms with Gasteiger partial charge in [-0.3, -0.25) is 0 Å². The Labute approximate surface area is 80.5 Å². The summed E-state index contributed by atoms with van der Waals surface area (Å²) in [6, 6.07) is 7.45. The minimum absolute atomic E-state index is 0. The normalized spacial score (nSPS) is 9.62. The fourth-order valence-corrected chi connectivity index (χ4v) is 1.35. The van der Waals surface area contributed by atoms with Crippen LogP contribution in [0.15, 0.2) is 30.5 Å². The van der Waals surface area contributed by atoms with Gasteiger partial charge in [-0.2, -0.15) is 0 Å². The van der Waals surface area contributed by atoms with Crippen molar-refractivity contribution in [3.05, 3.63) is 36.0 Å². The molecule has 0 saturated heterocycles. The van der Waals surface area contributed by atoms with Gasteiger partial charge in [-0.1, -0.05) is 11.6 Å². The second kappa shape index (κ2) is 3.54. The number of pyridine rings is 1. The van der Waals surface area contributed by atoms with E-state index in [0.717, 1.165) is 10.9 Å². The van der Waals surface area contributed by atoms with E-state index >= 15 is 0 Å². The zero-order valence-corrected chi connectivity index (χ0v) is 7.50. The fourth-order valence-electron chi connectivity index (χ4n) is 1.35. The number of aromatic amines is 1. The third kappa shape index (κ3) is 1.68. The molecule has 1 aromatic carbocycles. The Morgan fingerprint density at radius 1 is 1.31 bits per heavy atom. The second-order valence-electron chi connectivity index (χ2n) is 2.90. The van der Waals surface area contributed by atoms with E-state index in [2.05, 4.69) is 4.98 Å². The van der Waals surface area contributed by atoms with Crippen LogP contribution in [0, 0.1) is 6.92 Å². The molecule has 2 rings (SSSR count). The molecule has 60 valence electrons. The van der Waals surface area contributed by atoms with Crippen molar-refractivity contribution in [1.29, 1.82) is 0 Å². The van der Waals surface area contributed by atoms with Gasteiger partial charge in [0.2, 0.25) is 5.52 Å². The molecule has 0 unspecified atom stereocenters. The number of aryl methyl sites for hydroxylation is 1. The number of fused-ring (bicyclic) bond motifs is 1. The summed E-state index contributed by atoms with van der Waals surface area (Å²) in [5.74, 6) is 0.0607. The fraction of sp³-hybridized carbons (Fsp3) is 0.100. The molecule has 2 aromatic rings. The van der Waals surface area contributed by atoms with Crippen molar-refractivity contribution in [2.75, 3.05) is 0 Å². The topological polar surface area (TPSA) is 37.2 Å². The second-order valence-corrected chi connectivity index (χ2v) is 2.90. The van der Waals surface area contributed by atoms with Gasteiger partial charge in [-0.15, -0.1) is 0 Å². The average Bonchev–Trinajstić information content (AvgIpc) is 2.04. The van der Waals surface area contributed by atoms with E-state index in [4.69, 9.17) is 0 Å². The predicted octanol–water partition coefficient (Wildman–Crippen LogP) is 0.655. The van der Waals surface area contributed by atoms with Crippen LogP contribution in [0.25, 0.3) is 10.9 Å². The molecule has 3 heteroatoms. The number of rotatable bonds is 0. The van der Waals surface area contributed by atoms with Crippen molar-refractivity contribution in [2.24, 2.45) is 0 Å². The molecule has 1 aromatic heterocycles. The SMILES string of the molecule is Cc1cc([O-])c2[nH+]cccc2c1.[Be+2]. The molecular weight excluding hydrogens is 159 g/mol. The molecule has 0 aliphatic heterocycles. The van der Waals surface area contributed by atoms with Crippen LogP contribution in [0.5, 0.6) is 5.75 Å². The molecule has 0 aliphatic rings. The Hall–Kier alpha value is -1.40. The van der Waals surface area contributed by atoms with Crippen LogP contribution < -0.4 is 10.1 Å². The maximum Gasteiger partial charge on any atom is 2.00 e. The summed E-state index contributed by atoms with van der Waals surface area (Å²) >= 11 is 0. The molecule has 0 fully saturated rings. The monoisotopic (exact) mass is 168 g/mol. The van der Waals surface area contributed by atoms with E-state index in [-0.39, 0.29) is 15.9 Å². The smallest absolute Gasteiger partial charge is 0.868 e. The maximum absolute atomic E-state index is 11.4. The van der Waals surface area contributed by atoms with E-state index in [1.807, 2.05) is 25.1 Å². The van der Waals surface area contributed by atoms with Gasteiger partial charge < -0.3 is 5.11 Å². The summed E-state index contributed by atoms with van der Waals surface area (Å²) in [5.41, 5.74) is 1.69. The molecule has 0 spiro atoms. The number of aromatic nitrogens is 1. The molecule has 0 radical (unpaired) electrons. The van der Waals surface area contributed by atoms with Gasteiger partial charge in [0.25, 0.3) is 0 Å². The molecule has 0 bridgehead atoms. The Morgan fingerprint density at radius 3 is 2.85 bits per heavy atom. The van der Waals surface area contributed by atoms with Gasteiger partial charge in [0, 0.05) is 11.5 Å². The van der Waals surface area contributed by atoms with Crippen LogP contribution in [0.1, 0.15) is 5.56 Å². The first-order valence-electron chi connectivity index (χ1n) is 3.85. The van der Waals surface area contributed by atoms with E-state index < -0.39 is 0 Å². The van der Waals surface area contributed by atoms with E-state index in [1.54, 1.807) is 12.3 Å². The van der Waals surface area contributed by atoms with Crippen LogP contribution >= 0.6 is 0 Å².